The molecule has 4 aromatic heterocycles. The normalized spacial score (nSPS) is 22.3. The molecular weight excluding hydrogens is 724 g/mol. The smallest absolute Gasteiger partial charge is 0.237 e. The lowest BCUT2D eigenvalue weighted by atomic mass is 9.84. The van der Waals surface area contributed by atoms with Crippen LogP contribution < -0.4 is 9.80 Å². The van der Waals surface area contributed by atoms with Gasteiger partial charge in [-0.1, -0.05) is 6.92 Å². The summed E-state index contributed by atoms with van der Waals surface area (Å²) in [5, 5.41) is 2.42. The van der Waals surface area contributed by atoms with Gasteiger partial charge in [0.15, 0.2) is 0 Å². The number of nitrogens with zero attached hydrogens (tertiary/aromatic N) is 8. The van der Waals surface area contributed by atoms with Gasteiger partial charge in [0, 0.05) is 74.5 Å². The summed E-state index contributed by atoms with van der Waals surface area (Å²) < 4.78 is 0. The second-order valence-electron chi connectivity index (χ2n) is 14.7. The van der Waals surface area contributed by atoms with E-state index in [2.05, 4.69) is 30.6 Å². The highest BCUT2D eigenvalue weighted by molar-refractivity contribution is 7.19. The average Bonchev–Trinajstić information content (AvgIpc) is 3.73. The zero-order valence-electron chi connectivity index (χ0n) is 29.7. The molecule has 10 nitrogen and oxygen atoms in total. The molecule has 8 rings (SSSR count). The number of aromatic nitrogens is 4. The number of rotatable bonds is 9. The molecule has 2 saturated heterocycles. The van der Waals surface area contributed by atoms with Crippen LogP contribution in [0.3, 0.4) is 0 Å². The van der Waals surface area contributed by atoms with Crippen LogP contribution in [0, 0.1) is 25.7 Å². The van der Waals surface area contributed by atoms with E-state index in [1.54, 1.807) is 11.3 Å². The van der Waals surface area contributed by atoms with Crippen molar-refractivity contribution < 1.29 is 9.59 Å². The van der Waals surface area contributed by atoms with Crippen LogP contribution in [0.5, 0.6) is 0 Å². The van der Waals surface area contributed by atoms with E-state index >= 15 is 0 Å². The quantitative estimate of drug-likeness (QED) is 0.182. The maximum atomic E-state index is 12.2. The summed E-state index contributed by atoms with van der Waals surface area (Å²) in [6, 6.07) is 0. The summed E-state index contributed by atoms with van der Waals surface area (Å²) >= 11 is 15.4. The van der Waals surface area contributed by atoms with Gasteiger partial charge in [-0.3, -0.25) is 9.59 Å². The molecule has 4 aliphatic rings. The first-order valence-corrected chi connectivity index (χ1v) is 21.2. The first-order valence-electron chi connectivity index (χ1n) is 18.5. The van der Waals surface area contributed by atoms with Gasteiger partial charge in [0.05, 0.1) is 10.8 Å². The zero-order valence-corrected chi connectivity index (χ0v) is 32.9. The molecule has 3 fully saturated rings. The van der Waals surface area contributed by atoms with Crippen molar-refractivity contribution in [3.05, 3.63) is 32.5 Å². The number of carbonyl (C=O) groups is 2. The molecule has 51 heavy (non-hydrogen) atoms. The topological polar surface area (TPSA) is 98.7 Å². The lowest BCUT2D eigenvalue weighted by Crippen LogP contribution is -2.49. The summed E-state index contributed by atoms with van der Waals surface area (Å²) in [6.07, 6.45) is 7.56. The molecule has 2 aliphatic carbocycles. The molecule has 1 saturated carbocycles. The van der Waals surface area contributed by atoms with Crippen molar-refractivity contribution in [3.63, 3.8) is 0 Å². The molecule has 0 spiro atoms. The fraction of sp³-hybridized carbons (Fsp3) is 0.622. The van der Waals surface area contributed by atoms with Gasteiger partial charge in [-0.15, -0.1) is 45.9 Å². The van der Waals surface area contributed by atoms with Crippen molar-refractivity contribution >= 4 is 89.8 Å². The molecule has 0 bridgehead atoms. The van der Waals surface area contributed by atoms with Crippen molar-refractivity contribution in [2.75, 3.05) is 73.9 Å². The van der Waals surface area contributed by atoms with Crippen LogP contribution in [0.4, 0.5) is 11.6 Å². The van der Waals surface area contributed by atoms with E-state index < -0.39 is 0 Å². The minimum Gasteiger partial charge on any atom is -0.352 e. The molecule has 14 heteroatoms. The van der Waals surface area contributed by atoms with Gasteiger partial charge in [0.2, 0.25) is 11.8 Å². The first-order chi connectivity index (χ1) is 24.8. The highest BCUT2D eigenvalue weighted by Crippen LogP contribution is 2.53. The van der Waals surface area contributed by atoms with Crippen molar-refractivity contribution in [3.8, 4) is 0 Å². The number of hydrogen-bond acceptors (Lipinski definition) is 10. The monoisotopic (exact) mass is 768 g/mol. The third kappa shape index (κ3) is 6.79. The van der Waals surface area contributed by atoms with Gasteiger partial charge in [-0.2, -0.15) is 0 Å². The number of halogens is 2. The van der Waals surface area contributed by atoms with Crippen LogP contribution >= 0.6 is 45.9 Å². The summed E-state index contributed by atoms with van der Waals surface area (Å²) in [7, 11) is 0. The van der Waals surface area contributed by atoms with Gasteiger partial charge < -0.3 is 19.6 Å². The molecule has 0 N–H and O–H groups in total. The summed E-state index contributed by atoms with van der Waals surface area (Å²) in [6.45, 7) is 12.3. The number of alkyl halides is 2. The van der Waals surface area contributed by atoms with E-state index in [1.165, 1.54) is 44.5 Å². The van der Waals surface area contributed by atoms with Gasteiger partial charge in [-0.05, 0) is 75.3 Å². The molecule has 0 aromatic carbocycles. The van der Waals surface area contributed by atoms with E-state index in [0.717, 1.165) is 91.2 Å². The van der Waals surface area contributed by atoms with E-state index in [0.29, 0.717) is 43.9 Å². The molecular formula is C37H46Cl2N8O2S2. The van der Waals surface area contributed by atoms with Crippen molar-refractivity contribution in [2.24, 2.45) is 11.8 Å². The highest BCUT2D eigenvalue weighted by atomic mass is 35.5. The maximum Gasteiger partial charge on any atom is 0.237 e. The Morgan fingerprint density at radius 1 is 0.804 bits per heavy atom. The zero-order chi connectivity index (χ0) is 35.4. The fourth-order valence-electron chi connectivity index (χ4n) is 8.43. The highest BCUT2D eigenvalue weighted by Gasteiger charge is 2.43. The molecule has 0 radical (unpaired) electrons. The third-order valence-corrected chi connectivity index (χ3v) is 14.2. The van der Waals surface area contributed by atoms with Crippen LogP contribution in [0.15, 0.2) is 0 Å². The molecule has 6 heterocycles. The number of anilines is 2. The number of piperazine rings is 2. The molecule has 2 aliphatic heterocycles. The Hall–Kier alpha value is -2.80. The molecule has 3 unspecified atom stereocenters. The van der Waals surface area contributed by atoms with E-state index in [-0.39, 0.29) is 23.6 Å². The second-order valence-corrected chi connectivity index (χ2v) is 17.5. The largest absolute Gasteiger partial charge is 0.352 e. The van der Waals surface area contributed by atoms with Crippen molar-refractivity contribution in [1.82, 2.24) is 29.7 Å². The molecule has 3 atom stereocenters. The predicted molar refractivity (Wildman–Crippen MR) is 208 cm³/mol. The van der Waals surface area contributed by atoms with E-state index in [4.69, 9.17) is 43.1 Å². The van der Waals surface area contributed by atoms with Crippen LogP contribution in [-0.4, -0.2) is 106 Å². The lowest BCUT2D eigenvalue weighted by molar-refractivity contribution is -0.129. The number of fused-ring (bicyclic) bond motifs is 4. The minimum absolute atomic E-state index is 0.00367. The Morgan fingerprint density at radius 3 is 2.06 bits per heavy atom. The summed E-state index contributed by atoms with van der Waals surface area (Å²) in [4.78, 5) is 58.6. The number of aryl methyl sites for hydroxylation is 4. The Bertz CT molecular complexity index is 1970. The number of hydrogen-bond donors (Lipinski definition) is 0. The van der Waals surface area contributed by atoms with Crippen LogP contribution in [0.1, 0.15) is 71.1 Å². The minimum atomic E-state index is 0.00367. The number of thiophene rings is 2. The maximum absolute atomic E-state index is 12.2. The predicted octanol–water partition coefficient (Wildman–Crippen LogP) is 6.34. The second kappa shape index (κ2) is 14.6. The fourth-order valence-corrected chi connectivity index (χ4v) is 11.1. The van der Waals surface area contributed by atoms with Crippen LogP contribution in [0.25, 0.3) is 20.4 Å². The molecule has 4 aromatic rings. The molecule has 2 amide bonds. The van der Waals surface area contributed by atoms with Crippen LogP contribution in [0.2, 0.25) is 0 Å². The first kappa shape index (κ1) is 35.2. The number of carbonyl (C=O) groups excluding carboxylic acids is 2. The van der Waals surface area contributed by atoms with Gasteiger partial charge in [0.25, 0.3) is 0 Å². The van der Waals surface area contributed by atoms with Gasteiger partial charge in [-0.25, -0.2) is 19.9 Å². The van der Waals surface area contributed by atoms with E-state index in [1.807, 2.05) is 21.1 Å². The Labute approximate surface area is 317 Å². The van der Waals surface area contributed by atoms with Gasteiger partial charge >= 0.3 is 0 Å². The third-order valence-electron chi connectivity index (χ3n) is 11.5. The number of amides is 2. The lowest BCUT2D eigenvalue weighted by Gasteiger charge is -2.35. The Morgan fingerprint density at radius 2 is 1.43 bits per heavy atom. The Balaban J connectivity index is 0.991. The standard InChI is InChI=1S/C37H46Cl2N8O2S2/c1-4-5-28-40-35(47-14-10-45(11-15-47)30(49)20-39)32-25-7-6-23(17-27(25)51-37(32)41-28)16-24-18-26(24)33-42-34(31-21(2)22(3)50-36(31)43-33)46-12-8-44(9-13-46)29(48)19-38/h23-24,26H,4-20H2,1-3H3. The summed E-state index contributed by atoms with van der Waals surface area (Å²) in [5.41, 5.74) is 2.72. The van der Waals surface area contributed by atoms with Crippen molar-refractivity contribution in [1.29, 1.82) is 0 Å². The Kier molecular flexibility index (Phi) is 10.1. The van der Waals surface area contributed by atoms with Gasteiger partial charge in [0.1, 0.15) is 44.7 Å². The molecule has 272 valence electrons. The SMILES string of the molecule is CCCc1nc(N2CCN(C(=O)CCl)CC2)c2c3c(sc2n1)CC(CC1CC1c1nc(N2CCN(C(=O)CCl)CC2)c2c(C)c(C)sc2n1)CC3. The van der Waals surface area contributed by atoms with E-state index in [9.17, 15) is 9.59 Å². The average molecular weight is 770 g/mol. The summed E-state index contributed by atoms with van der Waals surface area (Å²) in [5.74, 6) is 5.75. The van der Waals surface area contributed by atoms with Crippen LogP contribution in [-0.2, 0) is 28.9 Å². The van der Waals surface area contributed by atoms with Crippen molar-refractivity contribution in [2.45, 2.75) is 71.6 Å².